The molecule has 3 amide bonds. The Labute approximate surface area is 200 Å². The molecule has 9 heteroatoms. The molecule has 3 N–H and O–H groups in total. The molecule has 0 radical (unpaired) electrons. The van der Waals surface area contributed by atoms with Crippen molar-refractivity contribution < 1.29 is 9.59 Å². The zero-order valence-corrected chi connectivity index (χ0v) is 19.7. The summed E-state index contributed by atoms with van der Waals surface area (Å²) < 4.78 is 0. The molecular weight excluding hydrogens is 448 g/mol. The van der Waals surface area contributed by atoms with Gasteiger partial charge in [0.05, 0.1) is 16.4 Å². The van der Waals surface area contributed by atoms with E-state index in [0.717, 1.165) is 11.1 Å². The van der Waals surface area contributed by atoms with Gasteiger partial charge in [0.15, 0.2) is 0 Å². The van der Waals surface area contributed by atoms with Crippen LogP contribution in [-0.2, 0) is 5.41 Å². The van der Waals surface area contributed by atoms with Crippen molar-refractivity contribution in [2.45, 2.75) is 26.2 Å². The normalized spacial score (nSPS) is 11.0. The third kappa shape index (κ3) is 5.03. The zero-order chi connectivity index (χ0) is 24.3. The van der Waals surface area contributed by atoms with Gasteiger partial charge < -0.3 is 16.0 Å². The second kappa shape index (κ2) is 9.29. The summed E-state index contributed by atoms with van der Waals surface area (Å²) in [6.07, 6.45) is 3.17. The fraction of sp³-hybridized carbons (Fsp3) is 0.160. The standard InChI is InChI=1S/C25H22N6O2S/c1-15-7-8-18(30-24(33)29-17-6-4-5-16(11-17)25(2,3)14-26)12-19(15)31-22(32)21-13-20-23(34-21)28-10-9-27-20/h4-13H,1-3H3,(H,31,32)(H2,29,30,33). The fourth-order valence-electron chi connectivity index (χ4n) is 3.25. The van der Waals surface area contributed by atoms with Gasteiger partial charge >= 0.3 is 6.03 Å². The van der Waals surface area contributed by atoms with Crippen LogP contribution in [0.2, 0.25) is 0 Å². The molecule has 0 fully saturated rings. The lowest BCUT2D eigenvalue weighted by Crippen LogP contribution is -2.20. The first-order valence-electron chi connectivity index (χ1n) is 10.5. The molecule has 0 saturated heterocycles. The van der Waals surface area contributed by atoms with Crippen molar-refractivity contribution >= 4 is 50.7 Å². The summed E-state index contributed by atoms with van der Waals surface area (Å²) in [7, 11) is 0. The van der Waals surface area contributed by atoms with E-state index in [4.69, 9.17) is 0 Å². The van der Waals surface area contributed by atoms with E-state index in [-0.39, 0.29) is 5.91 Å². The summed E-state index contributed by atoms with van der Waals surface area (Å²) in [5.74, 6) is -0.272. The van der Waals surface area contributed by atoms with E-state index in [1.165, 1.54) is 11.3 Å². The SMILES string of the molecule is Cc1ccc(NC(=O)Nc2cccc(C(C)(C)C#N)c2)cc1NC(=O)c1cc2nccnc2s1. The van der Waals surface area contributed by atoms with E-state index in [9.17, 15) is 14.9 Å². The second-order valence-corrected chi connectivity index (χ2v) is 9.27. The van der Waals surface area contributed by atoms with E-state index in [1.807, 2.05) is 32.9 Å². The molecule has 0 atom stereocenters. The number of aromatic nitrogens is 2. The van der Waals surface area contributed by atoms with Crippen molar-refractivity contribution in [3.8, 4) is 6.07 Å². The number of rotatable bonds is 5. The number of carbonyl (C=O) groups is 2. The third-order valence-corrected chi connectivity index (χ3v) is 6.29. The molecule has 2 heterocycles. The van der Waals surface area contributed by atoms with Gasteiger partial charge in [-0.15, -0.1) is 11.3 Å². The lowest BCUT2D eigenvalue weighted by atomic mass is 9.86. The summed E-state index contributed by atoms with van der Waals surface area (Å²) in [6.45, 7) is 5.51. The molecule has 8 nitrogen and oxygen atoms in total. The maximum atomic E-state index is 12.8. The lowest BCUT2D eigenvalue weighted by Gasteiger charge is -2.17. The molecule has 0 bridgehead atoms. The van der Waals surface area contributed by atoms with Crippen LogP contribution in [0.1, 0.15) is 34.6 Å². The summed E-state index contributed by atoms with van der Waals surface area (Å²) in [4.78, 5) is 35.0. The Hall–Kier alpha value is -4.29. The molecule has 4 rings (SSSR count). The third-order valence-electron chi connectivity index (χ3n) is 5.25. The van der Waals surface area contributed by atoms with Crippen LogP contribution in [-0.4, -0.2) is 21.9 Å². The van der Waals surface area contributed by atoms with Crippen LogP contribution in [0.3, 0.4) is 0 Å². The molecule has 2 aromatic carbocycles. The van der Waals surface area contributed by atoms with Crippen molar-refractivity contribution in [2.75, 3.05) is 16.0 Å². The average Bonchev–Trinajstić information content (AvgIpc) is 3.26. The molecular formula is C25H22N6O2S. The molecule has 0 aliphatic carbocycles. The largest absolute Gasteiger partial charge is 0.323 e. The Kier molecular flexibility index (Phi) is 6.25. The van der Waals surface area contributed by atoms with E-state index in [0.29, 0.717) is 32.3 Å². The average molecular weight is 471 g/mol. The van der Waals surface area contributed by atoms with E-state index < -0.39 is 11.4 Å². The highest BCUT2D eigenvalue weighted by molar-refractivity contribution is 7.20. The van der Waals surface area contributed by atoms with E-state index >= 15 is 0 Å². The Morgan fingerprint density at radius 2 is 1.71 bits per heavy atom. The van der Waals surface area contributed by atoms with Gasteiger partial charge in [0.1, 0.15) is 10.3 Å². The van der Waals surface area contributed by atoms with E-state index in [1.54, 1.807) is 48.8 Å². The number of anilines is 3. The summed E-state index contributed by atoms with van der Waals surface area (Å²) in [5, 5.41) is 17.8. The molecule has 0 spiro atoms. The number of urea groups is 1. The van der Waals surface area contributed by atoms with Crippen LogP contribution in [0.25, 0.3) is 10.3 Å². The minimum Gasteiger partial charge on any atom is -0.321 e. The maximum absolute atomic E-state index is 12.8. The van der Waals surface area contributed by atoms with Crippen LogP contribution in [0, 0.1) is 18.3 Å². The maximum Gasteiger partial charge on any atom is 0.323 e. The Bertz CT molecular complexity index is 1400. The molecule has 0 aliphatic heterocycles. The number of benzene rings is 2. The Morgan fingerprint density at radius 1 is 0.971 bits per heavy atom. The van der Waals surface area contributed by atoms with Crippen molar-refractivity contribution in [3.63, 3.8) is 0 Å². The monoisotopic (exact) mass is 470 g/mol. The summed E-state index contributed by atoms with van der Waals surface area (Å²) in [6, 6.07) is 16.0. The molecule has 2 aromatic heterocycles. The van der Waals surface area contributed by atoms with Gasteiger partial charge in [-0.05, 0) is 62.2 Å². The smallest absolute Gasteiger partial charge is 0.321 e. The van der Waals surface area contributed by atoms with Crippen LogP contribution in [0.15, 0.2) is 60.9 Å². The predicted octanol–water partition coefficient (Wildman–Crippen LogP) is 5.70. The fourth-order valence-corrected chi connectivity index (χ4v) is 4.10. The Morgan fingerprint density at radius 3 is 2.44 bits per heavy atom. The van der Waals surface area contributed by atoms with Gasteiger partial charge in [-0.25, -0.2) is 9.78 Å². The van der Waals surface area contributed by atoms with Crippen molar-refractivity contribution in [1.29, 1.82) is 5.26 Å². The van der Waals surface area contributed by atoms with Crippen LogP contribution in [0.5, 0.6) is 0 Å². The van der Waals surface area contributed by atoms with Gasteiger partial charge in [-0.1, -0.05) is 18.2 Å². The van der Waals surface area contributed by atoms with Gasteiger partial charge in [0.25, 0.3) is 5.91 Å². The first kappa shape index (κ1) is 22.9. The van der Waals surface area contributed by atoms with E-state index in [2.05, 4.69) is 32.0 Å². The van der Waals surface area contributed by atoms with Crippen molar-refractivity contribution in [2.24, 2.45) is 0 Å². The van der Waals surface area contributed by atoms with Crippen molar-refractivity contribution in [3.05, 3.63) is 76.9 Å². The van der Waals surface area contributed by atoms with Gasteiger partial charge in [0.2, 0.25) is 0 Å². The number of nitrogens with one attached hydrogen (secondary N) is 3. The number of nitrogens with zero attached hydrogens (tertiary/aromatic N) is 3. The number of hydrogen-bond acceptors (Lipinski definition) is 6. The van der Waals surface area contributed by atoms with Crippen LogP contribution >= 0.6 is 11.3 Å². The first-order chi connectivity index (χ1) is 16.2. The molecule has 34 heavy (non-hydrogen) atoms. The highest BCUT2D eigenvalue weighted by Crippen LogP contribution is 2.26. The number of carbonyl (C=O) groups excluding carboxylic acids is 2. The first-order valence-corrected chi connectivity index (χ1v) is 11.3. The minimum absolute atomic E-state index is 0.272. The number of nitriles is 1. The quantitative estimate of drug-likeness (QED) is 0.346. The predicted molar refractivity (Wildman–Crippen MR) is 134 cm³/mol. The number of hydrogen-bond donors (Lipinski definition) is 3. The summed E-state index contributed by atoms with van der Waals surface area (Å²) in [5.41, 5.74) is 3.33. The molecule has 170 valence electrons. The number of aryl methyl sites for hydroxylation is 1. The number of fused-ring (bicyclic) bond motifs is 1. The highest BCUT2D eigenvalue weighted by atomic mass is 32.1. The van der Waals surface area contributed by atoms with Gasteiger partial charge in [-0.2, -0.15) is 5.26 Å². The number of amides is 3. The molecule has 0 unspecified atom stereocenters. The van der Waals surface area contributed by atoms with Crippen molar-refractivity contribution in [1.82, 2.24) is 9.97 Å². The minimum atomic E-state index is -0.668. The van der Waals surface area contributed by atoms with Gasteiger partial charge in [0, 0.05) is 29.5 Å². The topological polar surface area (TPSA) is 120 Å². The molecule has 4 aromatic rings. The molecule has 0 aliphatic rings. The zero-order valence-electron chi connectivity index (χ0n) is 18.8. The molecule has 0 saturated carbocycles. The van der Waals surface area contributed by atoms with Crippen LogP contribution < -0.4 is 16.0 Å². The van der Waals surface area contributed by atoms with Crippen LogP contribution in [0.4, 0.5) is 21.9 Å². The lowest BCUT2D eigenvalue weighted by molar-refractivity contribution is 0.103. The second-order valence-electron chi connectivity index (χ2n) is 8.24. The highest BCUT2D eigenvalue weighted by Gasteiger charge is 2.20. The van der Waals surface area contributed by atoms with Gasteiger partial charge in [-0.3, -0.25) is 9.78 Å². The Balaban J connectivity index is 1.46. The number of thiophene rings is 1. The summed E-state index contributed by atoms with van der Waals surface area (Å²) >= 11 is 1.27.